The third-order valence-electron chi connectivity index (χ3n) is 6.78. The van der Waals surface area contributed by atoms with E-state index in [4.69, 9.17) is 10.00 Å². The van der Waals surface area contributed by atoms with E-state index in [9.17, 15) is 8.78 Å². The zero-order chi connectivity index (χ0) is 21.2. The van der Waals surface area contributed by atoms with E-state index >= 15 is 0 Å². The highest BCUT2D eigenvalue weighted by atomic mass is 19.2. The van der Waals surface area contributed by atoms with Crippen molar-refractivity contribution in [3.8, 4) is 6.07 Å². The van der Waals surface area contributed by atoms with Crippen molar-refractivity contribution in [3.05, 3.63) is 59.7 Å². The van der Waals surface area contributed by atoms with E-state index < -0.39 is 11.6 Å². The molecule has 1 aromatic carbocycles. The molecule has 3 rings (SSSR count). The number of allylic oxidation sites excluding steroid dienone is 4. The third-order valence-corrected chi connectivity index (χ3v) is 6.78. The number of benzene rings is 1. The molecule has 0 aromatic heterocycles. The fraction of sp³-hybridized carbons (Fsp3) is 0.577. The Balaban J connectivity index is 1.29. The summed E-state index contributed by atoms with van der Waals surface area (Å²) in [6.45, 7) is 0.841. The summed E-state index contributed by atoms with van der Waals surface area (Å²) in [7, 11) is 0. The Morgan fingerprint density at radius 1 is 0.933 bits per heavy atom. The summed E-state index contributed by atoms with van der Waals surface area (Å²) < 4.78 is 32.9. The first-order chi connectivity index (χ1) is 14.7. The van der Waals surface area contributed by atoms with Crippen LogP contribution in [-0.2, 0) is 4.74 Å². The molecule has 2 aliphatic rings. The maximum absolute atomic E-state index is 13.5. The van der Waals surface area contributed by atoms with Crippen molar-refractivity contribution in [1.82, 2.24) is 0 Å². The predicted molar refractivity (Wildman–Crippen MR) is 116 cm³/mol. The van der Waals surface area contributed by atoms with Crippen LogP contribution in [0.25, 0.3) is 0 Å². The molecule has 0 N–H and O–H groups in total. The minimum atomic E-state index is -0.764. The van der Waals surface area contributed by atoms with Crippen molar-refractivity contribution < 1.29 is 13.5 Å². The lowest BCUT2D eigenvalue weighted by Gasteiger charge is -2.32. The second kappa shape index (κ2) is 12.0. The molecular formula is C26H33F2NO. The molecule has 0 unspecified atom stereocenters. The standard InChI is InChI=1S/C26H33F2NO/c27-25-16-13-23(18-26(25)28)22-11-7-21(8-12-22)19-30-24-14-9-20(10-15-24)6-4-2-1-3-5-17-29/h1-3,5,13,16,18,20-22,24H,4,6-12,14-15,19H2/t20-,21-,22-,24-. The molecule has 0 atom stereocenters. The minimum Gasteiger partial charge on any atom is -0.378 e. The van der Waals surface area contributed by atoms with Gasteiger partial charge in [-0.05, 0) is 99.7 Å². The van der Waals surface area contributed by atoms with Crippen molar-refractivity contribution in [2.75, 3.05) is 6.61 Å². The molecule has 1 aromatic rings. The summed E-state index contributed by atoms with van der Waals surface area (Å²) >= 11 is 0. The van der Waals surface area contributed by atoms with Gasteiger partial charge >= 0.3 is 0 Å². The molecule has 0 heterocycles. The smallest absolute Gasteiger partial charge is 0.159 e. The number of rotatable bonds is 8. The molecule has 0 saturated heterocycles. The number of hydrogen-bond donors (Lipinski definition) is 0. The first-order valence-corrected chi connectivity index (χ1v) is 11.4. The maximum atomic E-state index is 13.5. The van der Waals surface area contributed by atoms with E-state index in [-0.39, 0.29) is 0 Å². The fourth-order valence-corrected chi connectivity index (χ4v) is 4.89. The quantitative estimate of drug-likeness (QED) is 0.333. The van der Waals surface area contributed by atoms with E-state index in [1.54, 1.807) is 12.1 Å². The largest absolute Gasteiger partial charge is 0.378 e. The first-order valence-electron chi connectivity index (χ1n) is 11.4. The van der Waals surface area contributed by atoms with E-state index in [0.717, 1.165) is 63.0 Å². The molecule has 4 heteroatoms. The van der Waals surface area contributed by atoms with Crippen LogP contribution in [0, 0.1) is 34.8 Å². The molecule has 0 aliphatic heterocycles. The van der Waals surface area contributed by atoms with Gasteiger partial charge in [-0.3, -0.25) is 0 Å². The molecule has 0 spiro atoms. The Bertz CT molecular complexity index is 751. The van der Waals surface area contributed by atoms with Gasteiger partial charge in [-0.25, -0.2) is 8.78 Å². The molecule has 30 heavy (non-hydrogen) atoms. The minimum absolute atomic E-state index is 0.344. The molecule has 2 saturated carbocycles. The lowest BCUT2D eigenvalue weighted by atomic mass is 9.79. The van der Waals surface area contributed by atoms with Crippen LogP contribution in [0.2, 0.25) is 0 Å². The van der Waals surface area contributed by atoms with Gasteiger partial charge in [-0.2, -0.15) is 5.26 Å². The summed E-state index contributed by atoms with van der Waals surface area (Å²) in [6, 6.07) is 6.34. The van der Waals surface area contributed by atoms with Gasteiger partial charge in [0, 0.05) is 12.7 Å². The SMILES string of the molecule is N#CC=CC=CCC[C@H]1CC[C@H](OC[C@H]2CC[C@H](c3ccc(F)c(F)c3)CC2)CC1. The topological polar surface area (TPSA) is 33.0 Å². The van der Waals surface area contributed by atoms with Crippen LogP contribution < -0.4 is 0 Å². The van der Waals surface area contributed by atoms with Crippen molar-refractivity contribution in [2.24, 2.45) is 11.8 Å². The van der Waals surface area contributed by atoms with E-state index in [2.05, 4.69) is 6.08 Å². The van der Waals surface area contributed by atoms with Gasteiger partial charge in [0.2, 0.25) is 0 Å². The maximum Gasteiger partial charge on any atom is 0.159 e. The van der Waals surface area contributed by atoms with Gasteiger partial charge in [0.05, 0.1) is 12.2 Å². The molecule has 2 nitrogen and oxygen atoms in total. The average molecular weight is 414 g/mol. The monoisotopic (exact) mass is 413 g/mol. The van der Waals surface area contributed by atoms with Gasteiger partial charge in [-0.15, -0.1) is 0 Å². The van der Waals surface area contributed by atoms with Crippen LogP contribution in [0.5, 0.6) is 0 Å². The molecular weight excluding hydrogens is 380 g/mol. The van der Waals surface area contributed by atoms with Crippen LogP contribution in [0.15, 0.2) is 42.5 Å². The van der Waals surface area contributed by atoms with Crippen LogP contribution in [0.1, 0.15) is 75.7 Å². The highest BCUT2D eigenvalue weighted by molar-refractivity contribution is 5.22. The fourth-order valence-electron chi connectivity index (χ4n) is 4.89. The Morgan fingerprint density at radius 3 is 2.37 bits per heavy atom. The van der Waals surface area contributed by atoms with Crippen molar-refractivity contribution >= 4 is 0 Å². The molecule has 0 amide bonds. The third kappa shape index (κ3) is 7.06. The van der Waals surface area contributed by atoms with Gasteiger partial charge in [0.25, 0.3) is 0 Å². The van der Waals surface area contributed by atoms with Crippen LogP contribution in [0.4, 0.5) is 8.78 Å². The van der Waals surface area contributed by atoms with Crippen LogP contribution >= 0.6 is 0 Å². The molecule has 0 radical (unpaired) electrons. The van der Waals surface area contributed by atoms with Crippen molar-refractivity contribution in [3.63, 3.8) is 0 Å². The summed E-state index contributed by atoms with van der Waals surface area (Å²) in [6.07, 6.45) is 19.2. The number of ether oxygens (including phenoxy) is 1. The lowest BCUT2D eigenvalue weighted by molar-refractivity contribution is -0.00824. The predicted octanol–water partition coefficient (Wildman–Crippen LogP) is 7.23. The number of nitrogens with zero attached hydrogens (tertiary/aromatic N) is 1. The lowest BCUT2D eigenvalue weighted by Crippen LogP contribution is -2.25. The average Bonchev–Trinajstić information content (AvgIpc) is 2.78. The van der Waals surface area contributed by atoms with Crippen molar-refractivity contribution in [2.45, 2.75) is 76.2 Å². The second-order valence-electron chi connectivity index (χ2n) is 8.86. The Morgan fingerprint density at radius 2 is 1.67 bits per heavy atom. The van der Waals surface area contributed by atoms with Gasteiger partial charge in [0.15, 0.2) is 11.6 Å². The molecule has 0 bridgehead atoms. The summed E-state index contributed by atoms with van der Waals surface area (Å²) in [4.78, 5) is 0. The zero-order valence-electron chi connectivity index (χ0n) is 17.7. The first kappa shape index (κ1) is 22.7. The number of nitriles is 1. The van der Waals surface area contributed by atoms with Gasteiger partial charge < -0.3 is 4.74 Å². The van der Waals surface area contributed by atoms with Crippen LogP contribution in [-0.4, -0.2) is 12.7 Å². The summed E-state index contributed by atoms with van der Waals surface area (Å²) in [5, 5.41) is 8.45. The Labute approximate surface area is 179 Å². The molecule has 2 fully saturated rings. The Hall–Kier alpha value is -1.99. The Kier molecular flexibility index (Phi) is 9.08. The zero-order valence-corrected chi connectivity index (χ0v) is 17.7. The van der Waals surface area contributed by atoms with E-state index in [1.165, 1.54) is 37.5 Å². The highest BCUT2D eigenvalue weighted by Gasteiger charge is 2.26. The molecule has 162 valence electrons. The second-order valence-corrected chi connectivity index (χ2v) is 8.86. The van der Waals surface area contributed by atoms with E-state index in [0.29, 0.717) is 17.9 Å². The highest BCUT2D eigenvalue weighted by Crippen LogP contribution is 2.37. The number of halogens is 2. The number of hydrogen-bond acceptors (Lipinski definition) is 2. The van der Waals surface area contributed by atoms with Gasteiger partial charge in [-0.1, -0.05) is 24.3 Å². The molecule has 2 aliphatic carbocycles. The summed E-state index contributed by atoms with van der Waals surface area (Å²) in [5.41, 5.74) is 0.933. The van der Waals surface area contributed by atoms with E-state index in [1.807, 2.05) is 12.1 Å². The van der Waals surface area contributed by atoms with Crippen LogP contribution in [0.3, 0.4) is 0 Å². The summed E-state index contributed by atoms with van der Waals surface area (Å²) in [5.74, 6) is 0.230. The normalized spacial score (nSPS) is 27.5. The van der Waals surface area contributed by atoms with Crippen molar-refractivity contribution in [1.29, 1.82) is 5.26 Å². The van der Waals surface area contributed by atoms with Gasteiger partial charge in [0.1, 0.15) is 0 Å².